The zero-order valence-corrected chi connectivity index (χ0v) is 10.5. The van der Waals surface area contributed by atoms with Gasteiger partial charge in [0.2, 0.25) is 0 Å². The molecule has 0 atom stereocenters. The molecule has 19 heavy (non-hydrogen) atoms. The van der Waals surface area contributed by atoms with E-state index in [0.29, 0.717) is 11.8 Å². The van der Waals surface area contributed by atoms with Gasteiger partial charge in [0.25, 0.3) is 11.7 Å². The van der Waals surface area contributed by atoms with Gasteiger partial charge in [0.1, 0.15) is 0 Å². The molecule has 1 rings (SSSR count). The van der Waals surface area contributed by atoms with Crippen molar-refractivity contribution in [3.63, 3.8) is 0 Å². The van der Waals surface area contributed by atoms with E-state index in [1.165, 1.54) is 18.2 Å². The van der Waals surface area contributed by atoms with E-state index in [1.54, 1.807) is 12.1 Å². The molecular formula is C12H11F2NO3S. The minimum Gasteiger partial charge on any atom is -0.478 e. The number of carboxylic acids is 1. The zero-order valence-electron chi connectivity index (χ0n) is 9.68. The van der Waals surface area contributed by atoms with Crippen LogP contribution in [0.3, 0.4) is 0 Å². The summed E-state index contributed by atoms with van der Waals surface area (Å²) in [5, 5.41) is 10.8. The first kappa shape index (κ1) is 15.2. The number of hydrogen-bond donors (Lipinski definition) is 2. The van der Waals surface area contributed by atoms with E-state index in [4.69, 9.17) is 5.11 Å². The van der Waals surface area contributed by atoms with E-state index < -0.39 is 17.6 Å². The average Bonchev–Trinajstić information content (AvgIpc) is 2.34. The van der Waals surface area contributed by atoms with Gasteiger partial charge in [-0.2, -0.15) is 8.78 Å². The Morgan fingerprint density at radius 3 is 2.68 bits per heavy atom. The van der Waals surface area contributed by atoms with E-state index in [-0.39, 0.29) is 17.0 Å². The Bertz CT molecular complexity index is 492. The molecule has 0 radical (unpaired) electrons. The van der Waals surface area contributed by atoms with Crippen molar-refractivity contribution in [2.75, 3.05) is 6.54 Å². The van der Waals surface area contributed by atoms with Gasteiger partial charge in [-0.25, -0.2) is 4.79 Å². The number of benzene rings is 1. The predicted octanol–water partition coefficient (Wildman–Crippen LogP) is 2.37. The third-order valence-corrected chi connectivity index (χ3v) is 2.78. The zero-order chi connectivity index (χ0) is 14.3. The van der Waals surface area contributed by atoms with Gasteiger partial charge < -0.3 is 10.4 Å². The van der Waals surface area contributed by atoms with E-state index in [1.807, 2.05) is 0 Å². The number of carbonyl (C=O) groups excluding carboxylic acids is 1. The van der Waals surface area contributed by atoms with Gasteiger partial charge in [-0.1, -0.05) is 30.0 Å². The highest BCUT2D eigenvalue weighted by Gasteiger charge is 2.14. The second-order valence-corrected chi connectivity index (χ2v) is 4.36. The maximum atomic E-state index is 12.3. The molecule has 0 aliphatic rings. The topological polar surface area (TPSA) is 66.4 Å². The number of alkyl halides is 2. The second-order valence-electron chi connectivity index (χ2n) is 3.33. The summed E-state index contributed by atoms with van der Waals surface area (Å²) in [4.78, 5) is 22.1. The summed E-state index contributed by atoms with van der Waals surface area (Å²) in [6, 6.07) is 5.99. The standard InChI is InChI=1S/C12H11F2NO3S/c13-12(14)19-9-5-2-1-4-8(9)11(18)15-7-3-6-10(16)17/h1-6,12H,7H2,(H,15,18)(H,16,17)/b6-3+. The summed E-state index contributed by atoms with van der Waals surface area (Å²) < 4.78 is 24.6. The van der Waals surface area contributed by atoms with Crippen molar-refractivity contribution >= 4 is 23.6 Å². The van der Waals surface area contributed by atoms with Crippen molar-refractivity contribution in [3.05, 3.63) is 42.0 Å². The Morgan fingerprint density at radius 2 is 2.05 bits per heavy atom. The van der Waals surface area contributed by atoms with Crippen molar-refractivity contribution in [1.29, 1.82) is 0 Å². The molecule has 1 aromatic rings. The van der Waals surface area contributed by atoms with Crippen LogP contribution in [-0.2, 0) is 4.79 Å². The van der Waals surface area contributed by atoms with E-state index in [2.05, 4.69) is 5.32 Å². The third-order valence-electron chi connectivity index (χ3n) is 1.99. The first-order valence-corrected chi connectivity index (χ1v) is 6.10. The SMILES string of the molecule is O=C(O)/C=C/CNC(=O)c1ccccc1SC(F)F. The highest BCUT2D eigenvalue weighted by atomic mass is 32.2. The molecule has 4 nitrogen and oxygen atoms in total. The van der Waals surface area contributed by atoms with Crippen LogP contribution in [0.15, 0.2) is 41.3 Å². The first-order valence-electron chi connectivity index (χ1n) is 5.22. The van der Waals surface area contributed by atoms with Gasteiger partial charge in [0, 0.05) is 17.5 Å². The molecule has 1 amide bonds. The number of thioether (sulfide) groups is 1. The Hall–Kier alpha value is -1.89. The summed E-state index contributed by atoms with van der Waals surface area (Å²) in [6.45, 7) is 0.0127. The van der Waals surface area contributed by atoms with Crippen LogP contribution in [0.2, 0.25) is 0 Å². The summed E-state index contributed by atoms with van der Waals surface area (Å²) in [7, 11) is 0. The first-order chi connectivity index (χ1) is 9.00. The van der Waals surface area contributed by atoms with Gasteiger partial charge >= 0.3 is 5.97 Å². The van der Waals surface area contributed by atoms with Crippen LogP contribution in [0.4, 0.5) is 8.78 Å². The van der Waals surface area contributed by atoms with Crippen molar-refractivity contribution in [2.45, 2.75) is 10.7 Å². The molecule has 7 heteroatoms. The second kappa shape index (κ2) is 7.52. The maximum absolute atomic E-state index is 12.3. The minimum atomic E-state index is -2.61. The smallest absolute Gasteiger partial charge is 0.328 e. The van der Waals surface area contributed by atoms with Crippen molar-refractivity contribution in [3.8, 4) is 0 Å². The fourth-order valence-electron chi connectivity index (χ4n) is 1.26. The molecule has 2 N–H and O–H groups in total. The molecule has 0 saturated carbocycles. The molecule has 0 heterocycles. The van der Waals surface area contributed by atoms with Crippen LogP contribution in [0.5, 0.6) is 0 Å². The average molecular weight is 287 g/mol. The van der Waals surface area contributed by atoms with Gasteiger partial charge in [-0.05, 0) is 12.1 Å². The lowest BCUT2D eigenvalue weighted by Crippen LogP contribution is -2.24. The molecule has 0 aliphatic carbocycles. The van der Waals surface area contributed by atoms with Gasteiger partial charge in [0.05, 0.1) is 5.56 Å². The third kappa shape index (κ3) is 5.52. The Labute approximate surface area is 112 Å². The number of nitrogens with one attached hydrogen (secondary N) is 1. The lowest BCUT2D eigenvalue weighted by molar-refractivity contribution is -0.131. The lowest BCUT2D eigenvalue weighted by atomic mass is 10.2. The number of amides is 1. The Kier molecular flexibility index (Phi) is 6.01. The Balaban J connectivity index is 2.68. The molecule has 1 aromatic carbocycles. The quantitative estimate of drug-likeness (QED) is 0.622. The lowest BCUT2D eigenvalue weighted by Gasteiger charge is -2.08. The van der Waals surface area contributed by atoms with Crippen LogP contribution >= 0.6 is 11.8 Å². The number of carboxylic acid groups (broad SMARTS) is 1. The van der Waals surface area contributed by atoms with Gasteiger partial charge in [0.15, 0.2) is 0 Å². The van der Waals surface area contributed by atoms with E-state index in [0.717, 1.165) is 6.08 Å². The number of rotatable bonds is 6. The molecule has 0 spiro atoms. The highest BCUT2D eigenvalue weighted by Crippen LogP contribution is 2.28. The largest absolute Gasteiger partial charge is 0.478 e. The fourth-order valence-corrected chi connectivity index (χ4v) is 1.90. The normalized spacial score (nSPS) is 10.9. The molecular weight excluding hydrogens is 276 g/mol. The van der Waals surface area contributed by atoms with E-state index >= 15 is 0 Å². The number of hydrogen-bond acceptors (Lipinski definition) is 3. The van der Waals surface area contributed by atoms with Crippen LogP contribution in [0.25, 0.3) is 0 Å². The van der Waals surface area contributed by atoms with Crippen LogP contribution in [0, 0.1) is 0 Å². The molecule has 0 saturated heterocycles. The fraction of sp³-hybridized carbons (Fsp3) is 0.167. The van der Waals surface area contributed by atoms with Crippen LogP contribution in [0.1, 0.15) is 10.4 Å². The van der Waals surface area contributed by atoms with Gasteiger partial charge in [-0.3, -0.25) is 4.79 Å². The number of carbonyl (C=O) groups is 2. The van der Waals surface area contributed by atoms with Crippen molar-refractivity contribution < 1.29 is 23.5 Å². The maximum Gasteiger partial charge on any atom is 0.328 e. The van der Waals surface area contributed by atoms with Gasteiger partial charge in [-0.15, -0.1) is 0 Å². The van der Waals surface area contributed by atoms with Crippen LogP contribution in [-0.4, -0.2) is 29.3 Å². The minimum absolute atomic E-state index is 0.0127. The molecule has 102 valence electrons. The number of halogens is 2. The number of aliphatic carboxylic acids is 1. The molecule has 0 fully saturated rings. The predicted molar refractivity (Wildman–Crippen MR) is 67.4 cm³/mol. The summed E-state index contributed by atoms with van der Waals surface area (Å²) in [5.41, 5.74) is 0.136. The Morgan fingerprint density at radius 1 is 1.37 bits per heavy atom. The summed E-state index contributed by atoms with van der Waals surface area (Å²) in [6.07, 6.45) is 2.14. The van der Waals surface area contributed by atoms with Crippen molar-refractivity contribution in [1.82, 2.24) is 5.32 Å². The molecule has 0 bridgehead atoms. The van der Waals surface area contributed by atoms with Crippen LogP contribution < -0.4 is 5.32 Å². The van der Waals surface area contributed by atoms with Crippen molar-refractivity contribution in [2.24, 2.45) is 0 Å². The highest BCUT2D eigenvalue weighted by molar-refractivity contribution is 7.99. The molecule has 0 aliphatic heterocycles. The summed E-state index contributed by atoms with van der Waals surface area (Å²) >= 11 is 0.291. The monoisotopic (exact) mass is 287 g/mol. The van der Waals surface area contributed by atoms with E-state index in [9.17, 15) is 18.4 Å². The molecule has 0 aromatic heterocycles. The summed E-state index contributed by atoms with van der Waals surface area (Å²) in [5.74, 6) is -4.26. The molecule has 0 unspecified atom stereocenters.